The van der Waals surface area contributed by atoms with E-state index in [1.807, 2.05) is 39.0 Å². The van der Waals surface area contributed by atoms with Gasteiger partial charge in [0, 0.05) is 12.1 Å². The smallest absolute Gasteiger partial charge is 0.414 e. The minimum atomic E-state index is -0.740. The number of anilines is 1. The van der Waals surface area contributed by atoms with E-state index in [9.17, 15) is 9.90 Å². The molecule has 0 spiro atoms. The van der Waals surface area contributed by atoms with E-state index in [0.29, 0.717) is 6.54 Å². The van der Waals surface area contributed by atoms with E-state index in [-0.39, 0.29) is 6.09 Å². The van der Waals surface area contributed by atoms with Crippen LogP contribution in [0.4, 0.5) is 10.5 Å². The molecule has 2 aliphatic rings. The molecule has 1 aliphatic heterocycles. The van der Waals surface area contributed by atoms with E-state index in [4.69, 9.17) is 4.74 Å². The zero-order valence-electron chi connectivity index (χ0n) is 12.3. The van der Waals surface area contributed by atoms with Crippen LogP contribution < -0.4 is 4.90 Å². The maximum absolute atomic E-state index is 12.3. The van der Waals surface area contributed by atoms with Gasteiger partial charge in [0.25, 0.3) is 0 Å². The Balaban J connectivity index is 1.95. The Hall–Kier alpha value is -1.55. The zero-order chi connectivity index (χ0) is 14.5. The summed E-state index contributed by atoms with van der Waals surface area (Å²) in [5.74, 6) is 0. The van der Waals surface area contributed by atoms with Crippen LogP contribution >= 0.6 is 0 Å². The van der Waals surface area contributed by atoms with E-state index in [0.717, 1.165) is 36.1 Å². The van der Waals surface area contributed by atoms with Gasteiger partial charge in [-0.15, -0.1) is 0 Å². The summed E-state index contributed by atoms with van der Waals surface area (Å²) in [4.78, 5) is 14.0. The second kappa shape index (κ2) is 4.22. The molecule has 0 atom stereocenters. The quantitative estimate of drug-likeness (QED) is 0.857. The highest BCUT2D eigenvalue weighted by Gasteiger charge is 2.46. The molecule has 1 aromatic rings. The molecule has 0 saturated heterocycles. The van der Waals surface area contributed by atoms with Crippen LogP contribution in [0.25, 0.3) is 0 Å². The Morgan fingerprint density at radius 1 is 1.35 bits per heavy atom. The van der Waals surface area contributed by atoms with Gasteiger partial charge in [0.05, 0.1) is 11.3 Å². The van der Waals surface area contributed by atoms with Gasteiger partial charge in [0.15, 0.2) is 0 Å². The normalized spacial score (nSPS) is 19.7. The van der Waals surface area contributed by atoms with Gasteiger partial charge in [-0.05, 0) is 45.6 Å². The first-order valence-corrected chi connectivity index (χ1v) is 7.15. The maximum Gasteiger partial charge on any atom is 0.414 e. The van der Waals surface area contributed by atoms with E-state index >= 15 is 0 Å². The van der Waals surface area contributed by atoms with E-state index in [1.54, 1.807) is 4.90 Å². The summed E-state index contributed by atoms with van der Waals surface area (Å²) >= 11 is 0. The minimum Gasteiger partial charge on any atom is -0.443 e. The lowest BCUT2D eigenvalue weighted by Crippen LogP contribution is -2.36. The fourth-order valence-corrected chi connectivity index (χ4v) is 2.72. The number of carbonyl (C=O) groups is 1. The molecule has 1 saturated carbocycles. The molecular weight excluding hydrogens is 254 g/mol. The molecule has 20 heavy (non-hydrogen) atoms. The van der Waals surface area contributed by atoms with Gasteiger partial charge in [-0.25, -0.2) is 4.79 Å². The fourth-order valence-electron chi connectivity index (χ4n) is 2.72. The summed E-state index contributed by atoms with van der Waals surface area (Å²) in [6.07, 6.45) is 2.03. The van der Waals surface area contributed by atoms with E-state index in [2.05, 4.69) is 0 Å². The number of benzene rings is 1. The molecule has 1 amide bonds. The number of fused-ring (bicyclic) bond motifs is 1. The second-order valence-corrected chi connectivity index (χ2v) is 6.73. The van der Waals surface area contributed by atoms with Gasteiger partial charge < -0.3 is 9.84 Å². The molecule has 0 unspecified atom stereocenters. The van der Waals surface area contributed by atoms with Crippen LogP contribution in [0.3, 0.4) is 0 Å². The number of para-hydroxylation sites is 1. The van der Waals surface area contributed by atoms with Crippen molar-refractivity contribution < 1.29 is 14.6 Å². The van der Waals surface area contributed by atoms with Crippen LogP contribution in [0, 0.1) is 0 Å². The first kappa shape index (κ1) is 13.4. The Morgan fingerprint density at radius 3 is 2.65 bits per heavy atom. The average Bonchev–Trinajstić information content (AvgIpc) is 2.94. The summed E-state index contributed by atoms with van der Waals surface area (Å²) in [7, 11) is 0. The zero-order valence-corrected chi connectivity index (χ0v) is 12.3. The first-order valence-electron chi connectivity index (χ1n) is 7.15. The standard InChI is InChI=1S/C16H21NO3/c1-15(2,3)20-14(18)17-10-7-11-5-4-6-12(13(11)17)16(19)8-9-16/h4-6,19H,7-10H2,1-3H3. The van der Waals surface area contributed by atoms with Crippen molar-refractivity contribution in [3.05, 3.63) is 29.3 Å². The minimum absolute atomic E-state index is 0.326. The number of aliphatic hydroxyl groups is 1. The van der Waals surface area contributed by atoms with Crippen LogP contribution in [0.1, 0.15) is 44.7 Å². The molecule has 0 bridgehead atoms. The Kier molecular flexibility index (Phi) is 2.83. The van der Waals surface area contributed by atoms with Gasteiger partial charge in [-0.3, -0.25) is 4.90 Å². The van der Waals surface area contributed by atoms with E-state index < -0.39 is 11.2 Å². The summed E-state index contributed by atoms with van der Waals surface area (Å²) in [5.41, 5.74) is 1.61. The Labute approximate surface area is 119 Å². The number of hydrogen-bond acceptors (Lipinski definition) is 3. The van der Waals surface area contributed by atoms with Crippen molar-refractivity contribution in [2.24, 2.45) is 0 Å². The van der Waals surface area contributed by atoms with Gasteiger partial charge in [0.1, 0.15) is 5.60 Å². The van der Waals surface area contributed by atoms with Crippen molar-refractivity contribution in [3.63, 3.8) is 0 Å². The van der Waals surface area contributed by atoms with Crippen molar-refractivity contribution in [1.29, 1.82) is 0 Å². The molecular formula is C16H21NO3. The molecule has 1 heterocycles. The largest absolute Gasteiger partial charge is 0.443 e. The molecule has 4 nitrogen and oxygen atoms in total. The molecule has 0 aromatic heterocycles. The SMILES string of the molecule is CC(C)(C)OC(=O)N1CCc2cccc(C3(O)CC3)c21. The molecule has 4 heteroatoms. The van der Waals surface area contributed by atoms with E-state index in [1.165, 1.54) is 0 Å². The van der Waals surface area contributed by atoms with Crippen LogP contribution in [0.5, 0.6) is 0 Å². The summed E-state index contributed by atoms with van der Waals surface area (Å²) in [6.45, 7) is 6.21. The van der Waals surface area contributed by atoms with Gasteiger partial charge >= 0.3 is 6.09 Å². The van der Waals surface area contributed by atoms with Crippen molar-refractivity contribution >= 4 is 11.8 Å². The van der Waals surface area contributed by atoms with Crippen molar-refractivity contribution in [2.45, 2.75) is 51.2 Å². The third-order valence-corrected chi connectivity index (χ3v) is 3.83. The number of amides is 1. The molecule has 0 radical (unpaired) electrons. The predicted octanol–water partition coefficient (Wildman–Crippen LogP) is 2.97. The lowest BCUT2D eigenvalue weighted by atomic mass is 10.0. The molecule has 1 aromatic carbocycles. The number of carbonyl (C=O) groups excluding carboxylic acids is 1. The Bertz CT molecular complexity index is 555. The molecule has 1 aliphatic carbocycles. The molecule has 3 rings (SSSR count). The number of ether oxygens (including phenoxy) is 1. The predicted molar refractivity (Wildman–Crippen MR) is 76.9 cm³/mol. The third kappa shape index (κ3) is 2.29. The van der Waals surface area contributed by atoms with Crippen LogP contribution in [-0.2, 0) is 16.8 Å². The highest BCUT2D eigenvalue weighted by molar-refractivity contribution is 5.92. The third-order valence-electron chi connectivity index (χ3n) is 3.83. The number of nitrogens with zero attached hydrogens (tertiary/aromatic N) is 1. The monoisotopic (exact) mass is 275 g/mol. The van der Waals surface area contributed by atoms with Gasteiger partial charge in [-0.1, -0.05) is 18.2 Å². The van der Waals surface area contributed by atoms with Crippen molar-refractivity contribution in [3.8, 4) is 0 Å². The number of hydrogen-bond donors (Lipinski definition) is 1. The highest BCUT2D eigenvalue weighted by atomic mass is 16.6. The van der Waals surface area contributed by atoms with Crippen molar-refractivity contribution in [2.75, 3.05) is 11.4 Å². The highest BCUT2D eigenvalue weighted by Crippen LogP contribution is 2.50. The fraction of sp³-hybridized carbons (Fsp3) is 0.562. The second-order valence-electron chi connectivity index (χ2n) is 6.73. The maximum atomic E-state index is 12.3. The lowest BCUT2D eigenvalue weighted by Gasteiger charge is -2.26. The Morgan fingerprint density at radius 2 is 2.05 bits per heavy atom. The lowest BCUT2D eigenvalue weighted by molar-refractivity contribution is 0.0583. The first-order chi connectivity index (χ1) is 9.30. The molecule has 1 N–H and O–H groups in total. The number of rotatable bonds is 1. The summed E-state index contributed by atoms with van der Waals surface area (Å²) in [6, 6.07) is 5.91. The van der Waals surface area contributed by atoms with Gasteiger partial charge in [-0.2, -0.15) is 0 Å². The topological polar surface area (TPSA) is 49.8 Å². The van der Waals surface area contributed by atoms with Crippen molar-refractivity contribution in [1.82, 2.24) is 0 Å². The van der Waals surface area contributed by atoms with Crippen LogP contribution in [-0.4, -0.2) is 23.3 Å². The molecule has 1 fully saturated rings. The summed E-state index contributed by atoms with van der Waals surface area (Å²) in [5, 5.41) is 10.4. The van der Waals surface area contributed by atoms with Crippen LogP contribution in [0.2, 0.25) is 0 Å². The van der Waals surface area contributed by atoms with Crippen LogP contribution in [0.15, 0.2) is 18.2 Å². The summed E-state index contributed by atoms with van der Waals surface area (Å²) < 4.78 is 5.47. The molecule has 108 valence electrons. The average molecular weight is 275 g/mol. The van der Waals surface area contributed by atoms with Gasteiger partial charge in [0.2, 0.25) is 0 Å².